The molecule has 0 saturated heterocycles. The summed E-state index contributed by atoms with van der Waals surface area (Å²) in [7, 11) is 0. The molecule has 0 radical (unpaired) electrons. The van der Waals surface area contributed by atoms with Gasteiger partial charge in [0.25, 0.3) is 0 Å². The molecule has 0 heterocycles. The number of hydrogen-bond donors (Lipinski definition) is 0. The second kappa shape index (κ2) is 3.75. The van der Waals surface area contributed by atoms with Gasteiger partial charge in [0.15, 0.2) is 5.78 Å². The number of ketones is 1. The van der Waals surface area contributed by atoms with Crippen molar-refractivity contribution in [1.29, 1.82) is 0 Å². The van der Waals surface area contributed by atoms with E-state index >= 15 is 0 Å². The van der Waals surface area contributed by atoms with Crippen molar-refractivity contribution < 1.29 is 4.79 Å². The van der Waals surface area contributed by atoms with E-state index in [-0.39, 0.29) is 0 Å². The fourth-order valence-corrected chi connectivity index (χ4v) is 2.66. The zero-order valence-corrected chi connectivity index (χ0v) is 9.15. The lowest BCUT2D eigenvalue weighted by Crippen LogP contribution is -2.06. The lowest BCUT2D eigenvalue weighted by Gasteiger charge is -2.18. The van der Waals surface area contributed by atoms with Crippen LogP contribution >= 0.6 is 0 Å². The van der Waals surface area contributed by atoms with Crippen molar-refractivity contribution in [3.63, 3.8) is 0 Å². The molecular weight excluding hydrogens is 196 g/mol. The minimum atomic E-state index is 0.355. The molecule has 1 saturated carbocycles. The number of Topliss-reactive ketones (excluding diaryl/α,β-unsaturated/α-hetero) is 1. The molecule has 16 heavy (non-hydrogen) atoms. The van der Waals surface area contributed by atoms with Crippen LogP contribution in [0.2, 0.25) is 0 Å². The molecule has 80 valence electrons. The van der Waals surface area contributed by atoms with Gasteiger partial charge in [-0.15, -0.1) is 0 Å². The van der Waals surface area contributed by atoms with Gasteiger partial charge in [-0.25, -0.2) is 0 Å². The van der Waals surface area contributed by atoms with Gasteiger partial charge in [0.05, 0.1) is 0 Å². The van der Waals surface area contributed by atoms with Crippen molar-refractivity contribution >= 4 is 11.4 Å². The SMILES string of the molecule is O=C1CCC2CC(c3ccccc3)=CC=C12. The summed E-state index contributed by atoms with van der Waals surface area (Å²) >= 11 is 0. The van der Waals surface area contributed by atoms with Crippen LogP contribution in [0.15, 0.2) is 48.1 Å². The normalized spacial score (nSPS) is 23.8. The summed E-state index contributed by atoms with van der Waals surface area (Å²) in [6.45, 7) is 0. The second-order valence-corrected chi connectivity index (χ2v) is 4.54. The summed E-state index contributed by atoms with van der Waals surface area (Å²) < 4.78 is 0. The van der Waals surface area contributed by atoms with Gasteiger partial charge >= 0.3 is 0 Å². The predicted octanol–water partition coefficient (Wildman–Crippen LogP) is 3.38. The molecule has 0 aliphatic heterocycles. The summed E-state index contributed by atoms with van der Waals surface area (Å²) in [6, 6.07) is 10.4. The Kier molecular flexibility index (Phi) is 2.24. The Balaban J connectivity index is 1.94. The van der Waals surface area contributed by atoms with E-state index in [1.165, 1.54) is 11.1 Å². The molecule has 0 bridgehead atoms. The third kappa shape index (κ3) is 1.53. The van der Waals surface area contributed by atoms with Gasteiger partial charge in [0.2, 0.25) is 0 Å². The van der Waals surface area contributed by atoms with Gasteiger partial charge in [-0.1, -0.05) is 42.5 Å². The number of carbonyl (C=O) groups excluding carboxylic acids is 1. The second-order valence-electron chi connectivity index (χ2n) is 4.54. The Morgan fingerprint density at radius 2 is 1.88 bits per heavy atom. The molecule has 0 N–H and O–H groups in total. The molecule has 1 nitrogen and oxygen atoms in total. The van der Waals surface area contributed by atoms with E-state index in [1.807, 2.05) is 12.1 Å². The van der Waals surface area contributed by atoms with Gasteiger partial charge in [0.1, 0.15) is 0 Å². The molecule has 1 atom stereocenters. The largest absolute Gasteiger partial charge is 0.295 e. The number of hydrogen-bond acceptors (Lipinski definition) is 1. The highest BCUT2D eigenvalue weighted by atomic mass is 16.1. The minimum absolute atomic E-state index is 0.355. The topological polar surface area (TPSA) is 17.1 Å². The van der Waals surface area contributed by atoms with Crippen molar-refractivity contribution in [2.75, 3.05) is 0 Å². The Bertz CT molecular complexity index is 479. The van der Waals surface area contributed by atoms with Crippen LogP contribution in [0, 0.1) is 5.92 Å². The zero-order chi connectivity index (χ0) is 11.0. The van der Waals surface area contributed by atoms with E-state index < -0.39 is 0 Å². The number of benzene rings is 1. The summed E-state index contributed by atoms with van der Waals surface area (Å²) in [5, 5.41) is 0. The maximum absolute atomic E-state index is 11.6. The molecular formula is C15H14O. The number of fused-ring (bicyclic) bond motifs is 1. The van der Waals surface area contributed by atoms with Crippen LogP contribution in [-0.4, -0.2) is 5.78 Å². The molecule has 1 heteroatoms. The van der Waals surface area contributed by atoms with Crippen LogP contribution in [0.4, 0.5) is 0 Å². The fraction of sp³-hybridized carbons (Fsp3) is 0.267. The van der Waals surface area contributed by atoms with Crippen molar-refractivity contribution in [2.45, 2.75) is 19.3 Å². The average molecular weight is 210 g/mol. The van der Waals surface area contributed by atoms with Crippen LogP contribution in [0.1, 0.15) is 24.8 Å². The summed E-state index contributed by atoms with van der Waals surface area (Å²) in [4.78, 5) is 11.6. The van der Waals surface area contributed by atoms with E-state index in [0.29, 0.717) is 11.7 Å². The van der Waals surface area contributed by atoms with Crippen LogP contribution in [0.3, 0.4) is 0 Å². The number of carbonyl (C=O) groups is 1. The zero-order valence-electron chi connectivity index (χ0n) is 9.15. The van der Waals surface area contributed by atoms with Crippen LogP contribution < -0.4 is 0 Å². The highest BCUT2D eigenvalue weighted by molar-refractivity contribution is 5.99. The summed E-state index contributed by atoms with van der Waals surface area (Å²) in [5.74, 6) is 0.834. The number of rotatable bonds is 1. The third-order valence-electron chi connectivity index (χ3n) is 3.56. The van der Waals surface area contributed by atoms with Gasteiger partial charge in [-0.3, -0.25) is 4.79 Å². The van der Waals surface area contributed by atoms with Crippen LogP contribution in [0.25, 0.3) is 5.57 Å². The minimum Gasteiger partial charge on any atom is -0.295 e. The summed E-state index contributed by atoms with van der Waals surface area (Å²) in [6.07, 6.45) is 6.96. The van der Waals surface area contributed by atoms with E-state index in [1.54, 1.807) is 0 Å². The van der Waals surface area contributed by atoms with Crippen molar-refractivity contribution in [2.24, 2.45) is 5.92 Å². The van der Waals surface area contributed by atoms with Gasteiger partial charge < -0.3 is 0 Å². The maximum atomic E-state index is 11.6. The first-order valence-electron chi connectivity index (χ1n) is 5.84. The standard InChI is InChI=1S/C15H14O/c16-15-9-7-13-10-12(6-8-14(13)15)11-4-2-1-3-5-11/h1-6,8,13H,7,9-10H2. The van der Waals surface area contributed by atoms with Crippen molar-refractivity contribution in [1.82, 2.24) is 0 Å². The molecule has 2 aliphatic rings. The highest BCUT2D eigenvalue weighted by Gasteiger charge is 2.30. The molecule has 3 rings (SSSR count). The molecule has 1 aromatic rings. The van der Waals surface area contributed by atoms with Crippen molar-refractivity contribution in [3.05, 3.63) is 53.6 Å². The average Bonchev–Trinajstić information content (AvgIpc) is 2.72. The Morgan fingerprint density at radius 1 is 1.06 bits per heavy atom. The Labute approximate surface area is 95.5 Å². The smallest absolute Gasteiger partial charge is 0.159 e. The number of allylic oxidation sites excluding steroid dienone is 4. The molecule has 1 fully saturated rings. The fourth-order valence-electron chi connectivity index (χ4n) is 2.66. The lowest BCUT2D eigenvalue weighted by molar-refractivity contribution is -0.114. The first kappa shape index (κ1) is 9.59. The Morgan fingerprint density at radius 3 is 2.69 bits per heavy atom. The quantitative estimate of drug-likeness (QED) is 0.694. The highest BCUT2D eigenvalue weighted by Crippen LogP contribution is 2.39. The lowest BCUT2D eigenvalue weighted by atomic mass is 9.86. The molecule has 0 spiro atoms. The molecule has 0 aromatic heterocycles. The van der Waals surface area contributed by atoms with E-state index in [2.05, 4.69) is 30.3 Å². The van der Waals surface area contributed by atoms with E-state index in [0.717, 1.165) is 24.8 Å². The first-order valence-corrected chi connectivity index (χ1v) is 5.84. The van der Waals surface area contributed by atoms with Crippen LogP contribution in [0.5, 0.6) is 0 Å². The Hall–Kier alpha value is -1.63. The molecule has 1 unspecified atom stereocenters. The van der Waals surface area contributed by atoms with E-state index in [4.69, 9.17) is 0 Å². The molecule has 0 amide bonds. The first-order chi connectivity index (χ1) is 7.84. The predicted molar refractivity (Wildman–Crippen MR) is 64.9 cm³/mol. The monoisotopic (exact) mass is 210 g/mol. The van der Waals surface area contributed by atoms with Crippen molar-refractivity contribution in [3.8, 4) is 0 Å². The third-order valence-corrected chi connectivity index (χ3v) is 3.56. The molecule has 2 aliphatic carbocycles. The van der Waals surface area contributed by atoms with Gasteiger partial charge in [0, 0.05) is 6.42 Å². The van der Waals surface area contributed by atoms with Gasteiger partial charge in [-0.05, 0) is 35.5 Å². The summed E-state index contributed by atoms with van der Waals surface area (Å²) in [5.41, 5.74) is 3.71. The maximum Gasteiger partial charge on any atom is 0.159 e. The molecule has 1 aromatic carbocycles. The van der Waals surface area contributed by atoms with Crippen LogP contribution in [-0.2, 0) is 4.79 Å². The van der Waals surface area contributed by atoms with Gasteiger partial charge in [-0.2, -0.15) is 0 Å². The van der Waals surface area contributed by atoms with E-state index in [9.17, 15) is 4.79 Å².